The minimum absolute atomic E-state index is 0.00351. The highest BCUT2D eigenvalue weighted by Gasteiger charge is 2.36. The van der Waals surface area contributed by atoms with Crippen molar-refractivity contribution in [3.8, 4) is 69.6 Å². The number of ether oxygens (including phenoxy) is 11. The number of likely N-dealkylation sites (tertiary alicyclic amines) is 1. The van der Waals surface area contributed by atoms with Gasteiger partial charge in [-0.15, -0.1) is 0 Å². The Labute approximate surface area is 741 Å². The van der Waals surface area contributed by atoms with Gasteiger partial charge in [0.25, 0.3) is 17.7 Å². The number of pyridine rings is 5. The Morgan fingerprint density at radius 2 is 0.961 bits per heavy atom. The maximum atomic E-state index is 13.9. The first-order valence-electron chi connectivity index (χ1n) is 41.0. The van der Waals surface area contributed by atoms with Gasteiger partial charge in [-0.2, -0.15) is 10.5 Å². The summed E-state index contributed by atoms with van der Waals surface area (Å²) in [6.07, 6.45) is 15.2. The first-order chi connectivity index (χ1) is 62.1. The summed E-state index contributed by atoms with van der Waals surface area (Å²) in [4.78, 5) is 96.1. The van der Waals surface area contributed by atoms with E-state index in [-0.39, 0.29) is 135 Å². The molecule has 2 fully saturated rings. The van der Waals surface area contributed by atoms with E-state index in [1.165, 1.54) is 24.1 Å². The molecule has 7 atom stereocenters. The van der Waals surface area contributed by atoms with Gasteiger partial charge in [-0.1, -0.05) is 30.3 Å². The number of aliphatic hydroxyl groups excluding tert-OH is 2. The lowest BCUT2D eigenvalue weighted by molar-refractivity contribution is -0.134. The number of rotatable bonds is 22. The van der Waals surface area contributed by atoms with E-state index in [9.17, 15) is 51.8 Å². The molecule has 9 N–H and O–H groups in total. The minimum atomic E-state index is -3.27. The van der Waals surface area contributed by atoms with Gasteiger partial charge in [0, 0.05) is 142 Å². The number of para-hydroxylation sites is 5. The maximum absolute atomic E-state index is 13.9. The van der Waals surface area contributed by atoms with Gasteiger partial charge in [0.05, 0.1) is 65.0 Å². The van der Waals surface area contributed by atoms with Gasteiger partial charge in [-0.05, 0) is 140 Å². The number of nitrogens with zero attached hydrogens (tertiary/aromatic N) is 10. The van der Waals surface area contributed by atoms with Crippen LogP contribution in [0.2, 0.25) is 0 Å². The summed E-state index contributed by atoms with van der Waals surface area (Å²) >= 11 is 0. The van der Waals surface area contributed by atoms with Crippen molar-refractivity contribution in [1.29, 1.82) is 10.5 Å². The monoisotopic (exact) mass is 1780 g/mol. The Morgan fingerprint density at radius 1 is 0.558 bits per heavy atom. The summed E-state index contributed by atoms with van der Waals surface area (Å²) in [6.45, 7) is 5.99. The van der Waals surface area contributed by atoms with Crippen molar-refractivity contribution in [3.63, 3.8) is 0 Å². The Bertz CT molecular complexity index is 6010. The van der Waals surface area contributed by atoms with Crippen LogP contribution in [0.15, 0.2) is 177 Å². The molecule has 35 nitrogen and oxygen atoms in total. The lowest BCUT2D eigenvalue weighted by atomic mass is 10.00. The molecule has 1 saturated heterocycles. The SMILES string of the molecule is CCS(=O)(=O)NCc1cncc(C2COc3c(C#N)cccc3O2)c1.CN(C)C(=O)COCc1cncc(C2COc3c(cccc3C(N)=O)O2)c1.CN(Cc1cncc(C2COc3c(cccc3C(N)=O)O2)c1)C(=O)C1CC1.C[C@H](O)c1c(F)cncc1C1COc2c(cccc2C(N)=O)O1.N#Cc1cccc2c1OCC(c1cncc(CC(=O)N3CC[C@@H](O)C3)c1)O2. The van der Waals surface area contributed by atoms with E-state index in [1.54, 1.807) is 165 Å². The maximum Gasteiger partial charge on any atom is 0.252 e. The standard InChI is InChI=1S/C20H21N3O4.C20H19N3O4.C19H21N3O5.C17H17N3O4S.C16H15FN2O4/c1-23(20(25)13-5-6-13)10-12-7-14(9-22-8-12)17-11-26-18-15(19(21)24)3-2-4-16(18)27-17;21-8-14-2-1-3-17-20(14)26-12-18(27-17)15-6-13(9-22-10-15)7-19(25)23-5-4-16(24)11-23;1-22(2)17(23)11-25-9-12-6-13(8-21-7-12)16-10-26-18-14(19(20)24)4-3-5-15(18)27-16;1-2-25(21,22)20-9-12-6-14(10-19-8-12)16-11-23-17-13(7-18)4-3-5-15(17)24-16;1-8(20)14-10(5-19-6-11(14)17)13-7-22-15-9(16(18)21)3-2-4-12(15)23-13/h2-4,7-9,13,17H,5-6,10-11H2,1H3,(H2,21,24);1-3,6,9-10,16,18,24H,4-5,7,11-12H2;3-8,16H,9-11H2,1-2H3,(H2,20,24);3-6,8,10,16,20H,2,9,11H2,1H3;2-6,8,13,20H,7H2,1H3,(H2,18,21)/t;16-,18?;;;8-,13?/m.1..0/s1. The molecule has 0 spiro atoms. The van der Waals surface area contributed by atoms with Crippen LogP contribution in [0.25, 0.3) is 0 Å². The van der Waals surface area contributed by atoms with E-state index in [4.69, 9.17) is 79.8 Å². The van der Waals surface area contributed by atoms with Crippen molar-refractivity contribution in [2.24, 2.45) is 23.1 Å². The number of sulfonamides is 1. The second kappa shape index (κ2) is 42.1. The summed E-state index contributed by atoms with van der Waals surface area (Å²) in [7, 11) is 1.90. The van der Waals surface area contributed by atoms with Gasteiger partial charge >= 0.3 is 0 Å². The smallest absolute Gasteiger partial charge is 0.252 e. The van der Waals surface area contributed by atoms with E-state index >= 15 is 0 Å². The summed E-state index contributed by atoms with van der Waals surface area (Å²) in [5.41, 5.74) is 24.8. The number of carbonyl (C=O) groups is 6. The van der Waals surface area contributed by atoms with Crippen LogP contribution in [0.1, 0.15) is 168 Å². The number of amides is 6. The number of hydrogen-bond acceptors (Lipinski definition) is 28. The van der Waals surface area contributed by atoms with Crippen LogP contribution in [0.5, 0.6) is 57.5 Å². The number of aromatic nitrogens is 5. The van der Waals surface area contributed by atoms with Gasteiger partial charge in [0.1, 0.15) is 57.6 Å². The first kappa shape index (κ1) is 92.0. The number of aliphatic hydroxyl groups is 2. The lowest BCUT2D eigenvalue weighted by Gasteiger charge is -2.29. The molecule has 10 aromatic rings. The number of halogens is 1. The fraction of sp³-hybridized carbons (Fsp3) is 0.315. The van der Waals surface area contributed by atoms with Crippen LogP contribution in [0, 0.1) is 34.4 Å². The topological polar surface area (TPSA) is 490 Å². The number of β-amino-alcohol motifs (C(OH)–C–C–N with tert-alkyl or cyclic N) is 1. The van der Waals surface area contributed by atoms with Crippen molar-refractivity contribution in [2.45, 2.75) is 102 Å². The lowest BCUT2D eigenvalue weighted by Crippen LogP contribution is -2.31. The fourth-order valence-electron chi connectivity index (χ4n) is 14.3. The van der Waals surface area contributed by atoms with Crippen molar-refractivity contribution in [2.75, 3.05) is 79.6 Å². The molecule has 7 aliphatic rings. The van der Waals surface area contributed by atoms with E-state index < -0.39 is 51.9 Å². The van der Waals surface area contributed by atoms with Gasteiger partial charge in [-0.25, -0.2) is 17.5 Å². The summed E-state index contributed by atoms with van der Waals surface area (Å²) in [6, 6.07) is 37.0. The van der Waals surface area contributed by atoms with Crippen LogP contribution in [0.4, 0.5) is 4.39 Å². The average molecular weight is 1780 g/mol. The third-order valence-corrected chi connectivity index (χ3v) is 22.5. The van der Waals surface area contributed by atoms with Crippen LogP contribution < -0.4 is 69.3 Å². The van der Waals surface area contributed by atoms with Crippen molar-refractivity contribution < 1.29 is 104 Å². The number of carbonyl (C=O) groups excluding carboxylic acids is 6. The predicted octanol–water partition coefficient (Wildman–Crippen LogP) is 8.75. The normalized spacial score (nSPS) is 17.6. The number of benzene rings is 5. The van der Waals surface area contributed by atoms with Crippen LogP contribution >= 0.6 is 0 Å². The number of likely N-dealkylation sites (N-methyl/N-ethyl adjacent to an activating group) is 1. The quantitative estimate of drug-likeness (QED) is 0.0369. The fourth-order valence-corrected chi connectivity index (χ4v) is 14.9. The minimum Gasteiger partial charge on any atom is -0.485 e. The zero-order chi connectivity index (χ0) is 91.6. The molecule has 17 rings (SSSR count). The van der Waals surface area contributed by atoms with Gasteiger partial charge in [-0.3, -0.25) is 53.7 Å². The molecule has 5 aromatic carbocycles. The number of nitrogens with two attached hydrogens (primary N) is 3. The van der Waals surface area contributed by atoms with Crippen molar-refractivity contribution in [3.05, 3.63) is 266 Å². The Hall–Kier alpha value is -14.6. The summed E-state index contributed by atoms with van der Waals surface area (Å²) in [5.74, 6) is 2.13. The first-order valence-corrected chi connectivity index (χ1v) is 42.6. The predicted molar refractivity (Wildman–Crippen MR) is 458 cm³/mol. The molecular weight excluding hydrogens is 1690 g/mol. The number of hydrogen-bond donors (Lipinski definition) is 6. The van der Waals surface area contributed by atoms with Crippen molar-refractivity contribution in [1.82, 2.24) is 44.3 Å². The molecule has 6 amide bonds. The molecule has 129 heavy (non-hydrogen) atoms. The number of nitriles is 2. The number of nitrogens with one attached hydrogen (secondary N) is 1. The molecular formula is C92H93FN14O21S. The molecule has 5 aromatic heterocycles. The Morgan fingerprint density at radius 3 is 1.40 bits per heavy atom. The number of primary amides is 3. The third-order valence-electron chi connectivity index (χ3n) is 21.1. The summed E-state index contributed by atoms with van der Waals surface area (Å²) in [5, 5.41) is 37.7. The molecule has 11 heterocycles. The molecule has 1 saturated carbocycles. The molecule has 1 aliphatic carbocycles. The average Bonchev–Trinajstić information content (AvgIpc) is 1.47. The largest absolute Gasteiger partial charge is 0.485 e. The highest BCUT2D eigenvalue weighted by atomic mass is 32.2. The van der Waals surface area contributed by atoms with Gasteiger partial charge < -0.3 is 94.2 Å². The molecule has 0 bridgehead atoms. The highest BCUT2D eigenvalue weighted by Crippen LogP contribution is 2.45. The van der Waals surface area contributed by atoms with Gasteiger partial charge in [0.2, 0.25) is 27.7 Å². The van der Waals surface area contributed by atoms with E-state index in [0.717, 1.165) is 63.5 Å². The number of fused-ring (bicyclic) bond motifs is 5. The highest BCUT2D eigenvalue weighted by molar-refractivity contribution is 7.89. The molecule has 0 radical (unpaired) electrons. The van der Waals surface area contributed by atoms with Gasteiger partial charge in [0.15, 0.2) is 88.0 Å². The van der Waals surface area contributed by atoms with Crippen LogP contribution in [0.3, 0.4) is 0 Å². The second-order valence-corrected chi connectivity index (χ2v) is 32.9. The molecule has 5 unspecified atom stereocenters. The second-order valence-electron chi connectivity index (χ2n) is 30.8. The van der Waals surface area contributed by atoms with E-state index in [0.29, 0.717) is 100 Å². The van der Waals surface area contributed by atoms with Crippen LogP contribution in [-0.2, 0) is 55.3 Å². The molecule has 37 heteroatoms. The Kier molecular flexibility index (Phi) is 30.1. The zero-order valence-electron chi connectivity index (χ0n) is 70.8. The van der Waals surface area contributed by atoms with Crippen molar-refractivity contribution >= 4 is 45.5 Å². The van der Waals surface area contributed by atoms with Crippen LogP contribution in [-0.4, -0.2) is 179 Å². The van der Waals surface area contributed by atoms with E-state index in [1.807, 2.05) is 31.3 Å². The Balaban J connectivity index is 0.000000138. The van der Waals surface area contributed by atoms with E-state index in [2.05, 4.69) is 41.8 Å². The molecule has 670 valence electrons. The molecule has 6 aliphatic heterocycles. The zero-order valence-corrected chi connectivity index (χ0v) is 71.6. The summed E-state index contributed by atoms with van der Waals surface area (Å²) < 4.78 is 103. The third kappa shape index (κ3) is 23.4.